The van der Waals surface area contributed by atoms with Crippen LogP contribution in [0.5, 0.6) is 0 Å². The second kappa shape index (κ2) is 4.88. The lowest BCUT2D eigenvalue weighted by atomic mass is 10.2. The third-order valence-corrected chi connectivity index (χ3v) is 2.77. The van der Waals surface area contributed by atoms with Gasteiger partial charge in [-0.05, 0) is 6.92 Å². The SMILES string of the molecule is Cc1c(CNc2nc(N)ncc2[N+](=O)[O-])cnn1C. The summed E-state index contributed by atoms with van der Waals surface area (Å²) < 4.78 is 1.72. The summed E-state index contributed by atoms with van der Waals surface area (Å²) in [6.07, 6.45) is 2.78. The van der Waals surface area contributed by atoms with Crippen LogP contribution in [-0.4, -0.2) is 24.7 Å². The molecular weight excluding hydrogens is 250 g/mol. The smallest absolute Gasteiger partial charge is 0.329 e. The van der Waals surface area contributed by atoms with Crippen molar-refractivity contribution in [2.75, 3.05) is 11.1 Å². The molecule has 2 aromatic heterocycles. The molecule has 0 radical (unpaired) electrons. The fourth-order valence-electron chi connectivity index (χ4n) is 1.55. The average molecular weight is 263 g/mol. The molecule has 9 nitrogen and oxygen atoms in total. The van der Waals surface area contributed by atoms with Gasteiger partial charge in [-0.2, -0.15) is 10.1 Å². The number of hydrogen-bond acceptors (Lipinski definition) is 7. The number of nitrogens with one attached hydrogen (secondary N) is 1. The maximum Gasteiger partial charge on any atom is 0.329 e. The van der Waals surface area contributed by atoms with Crippen molar-refractivity contribution in [2.45, 2.75) is 13.5 Å². The Balaban J connectivity index is 2.21. The molecular formula is C10H13N7O2. The lowest BCUT2D eigenvalue weighted by molar-refractivity contribution is -0.384. The van der Waals surface area contributed by atoms with Crippen LogP contribution in [0.25, 0.3) is 0 Å². The van der Waals surface area contributed by atoms with E-state index in [1.807, 2.05) is 14.0 Å². The Morgan fingerprint density at radius 3 is 2.84 bits per heavy atom. The molecule has 0 aliphatic heterocycles. The van der Waals surface area contributed by atoms with Gasteiger partial charge in [-0.1, -0.05) is 0 Å². The van der Waals surface area contributed by atoms with Gasteiger partial charge in [0.25, 0.3) is 0 Å². The van der Waals surface area contributed by atoms with Crippen LogP contribution in [0.15, 0.2) is 12.4 Å². The van der Waals surface area contributed by atoms with E-state index in [1.165, 1.54) is 0 Å². The Labute approximate surface area is 108 Å². The fourth-order valence-corrected chi connectivity index (χ4v) is 1.55. The van der Waals surface area contributed by atoms with Crippen LogP contribution in [0.1, 0.15) is 11.3 Å². The highest BCUT2D eigenvalue weighted by atomic mass is 16.6. The molecule has 3 N–H and O–H groups in total. The molecule has 0 atom stereocenters. The van der Waals surface area contributed by atoms with Crippen molar-refractivity contribution in [2.24, 2.45) is 7.05 Å². The lowest BCUT2D eigenvalue weighted by Gasteiger charge is -2.06. The highest BCUT2D eigenvalue weighted by molar-refractivity contribution is 5.56. The molecule has 9 heteroatoms. The molecule has 2 aromatic rings. The first-order valence-electron chi connectivity index (χ1n) is 5.47. The lowest BCUT2D eigenvalue weighted by Crippen LogP contribution is -2.08. The molecule has 0 fully saturated rings. The molecule has 0 spiro atoms. The Morgan fingerprint density at radius 1 is 1.53 bits per heavy atom. The highest BCUT2D eigenvalue weighted by Gasteiger charge is 2.16. The van der Waals surface area contributed by atoms with Gasteiger partial charge in [-0.3, -0.25) is 14.8 Å². The number of nitrogen functional groups attached to an aromatic ring is 1. The second-order valence-corrected chi connectivity index (χ2v) is 3.95. The minimum absolute atomic E-state index is 0.0176. The van der Waals surface area contributed by atoms with Crippen molar-refractivity contribution in [3.8, 4) is 0 Å². The van der Waals surface area contributed by atoms with Gasteiger partial charge in [0, 0.05) is 24.8 Å². The van der Waals surface area contributed by atoms with E-state index < -0.39 is 4.92 Å². The van der Waals surface area contributed by atoms with Crippen LogP contribution >= 0.6 is 0 Å². The maximum absolute atomic E-state index is 10.8. The van der Waals surface area contributed by atoms with E-state index in [9.17, 15) is 10.1 Å². The number of anilines is 2. The number of nitrogens with zero attached hydrogens (tertiary/aromatic N) is 5. The molecule has 19 heavy (non-hydrogen) atoms. The largest absolute Gasteiger partial charge is 0.368 e. The minimum Gasteiger partial charge on any atom is -0.368 e. The van der Waals surface area contributed by atoms with Crippen molar-refractivity contribution in [3.05, 3.63) is 33.8 Å². The standard InChI is InChI=1S/C10H13N7O2/c1-6-7(4-14-16(6)2)3-12-9-8(17(18)19)5-13-10(11)15-9/h4-5H,3H2,1-2H3,(H3,11,12,13,15). The predicted octanol–water partition coefficient (Wildman–Crippen LogP) is 0.621. The van der Waals surface area contributed by atoms with Crippen molar-refractivity contribution in [3.63, 3.8) is 0 Å². The summed E-state index contributed by atoms with van der Waals surface area (Å²) in [5.74, 6) is 0.0803. The number of rotatable bonds is 4. The van der Waals surface area contributed by atoms with Crippen LogP contribution in [0, 0.1) is 17.0 Å². The van der Waals surface area contributed by atoms with Crippen molar-refractivity contribution in [1.29, 1.82) is 0 Å². The van der Waals surface area contributed by atoms with E-state index in [0.29, 0.717) is 6.54 Å². The van der Waals surface area contributed by atoms with Gasteiger partial charge < -0.3 is 11.1 Å². The number of nitrogens with two attached hydrogens (primary N) is 1. The molecule has 100 valence electrons. The molecule has 0 aliphatic carbocycles. The molecule has 0 aromatic carbocycles. The molecule has 0 saturated carbocycles. The molecule has 2 heterocycles. The van der Waals surface area contributed by atoms with Gasteiger partial charge in [-0.25, -0.2) is 4.98 Å². The summed E-state index contributed by atoms with van der Waals surface area (Å²) in [6, 6.07) is 0. The zero-order chi connectivity index (χ0) is 14.0. The van der Waals surface area contributed by atoms with Crippen LogP contribution in [0.2, 0.25) is 0 Å². The zero-order valence-corrected chi connectivity index (χ0v) is 10.5. The van der Waals surface area contributed by atoms with Gasteiger partial charge in [0.1, 0.15) is 6.20 Å². The van der Waals surface area contributed by atoms with Crippen molar-refractivity contribution >= 4 is 17.5 Å². The zero-order valence-electron chi connectivity index (χ0n) is 10.5. The first-order valence-corrected chi connectivity index (χ1v) is 5.47. The van der Waals surface area contributed by atoms with Crippen LogP contribution in [-0.2, 0) is 13.6 Å². The van der Waals surface area contributed by atoms with Gasteiger partial charge in [0.15, 0.2) is 0 Å². The van der Waals surface area contributed by atoms with E-state index in [4.69, 9.17) is 5.73 Å². The third-order valence-electron chi connectivity index (χ3n) is 2.77. The molecule has 0 aliphatic rings. The van der Waals surface area contributed by atoms with E-state index in [-0.39, 0.29) is 17.5 Å². The molecule has 0 saturated heterocycles. The summed E-state index contributed by atoms with van der Waals surface area (Å²) in [6.45, 7) is 2.28. The Bertz CT molecular complexity index is 622. The van der Waals surface area contributed by atoms with Crippen molar-refractivity contribution in [1.82, 2.24) is 19.7 Å². The van der Waals surface area contributed by atoms with Crippen LogP contribution in [0.4, 0.5) is 17.5 Å². The van der Waals surface area contributed by atoms with E-state index in [0.717, 1.165) is 17.5 Å². The number of nitro groups is 1. The Hall–Kier alpha value is -2.71. The van der Waals surface area contributed by atoms with Gasteiger partial charge >= 0.3 is 5.69 Å². The first kappa shape index (κ1) is 12.7. The normalized spacial score (nSPS) is 10.4. The van der Waals surface area contributed by atoms with Crippen LogP contribution in [0.3, 0.4) is 0 Å². The van der Waals surface area contributed by atoms with E-state index in [1.54, 1.807) is 10.9 Å². The van der Waals surface area contributed by atoms with Gasteiger partial charge in [0.2, 0.25) is 11.8 Å². The quantitative estimate of drug-likeness (QED) is 0.611. The number of aryl methyl sites for hydroxylation is 1. The average Bonchev–Trinajstić information content (AvgIpc) is 2.67. The first-order chi connectivity index (χ1) is 8.99. The van der Waals surface area contributed by atoms with Gasteiger partial charge in [-0.15, -0.1) is 0 Å². The molecule has 2 rings (SSSR count). The third kappa shape index (κ3) is 2.59. The summed E-state index contributed by atoms with van der Waals surface area (Å²) in [5.41, 5.74) is 7.11. The molecule has 0 amide bonds. The van der Waals surface area contributed by atoms with E-state index >= 15 is 0 Å². The highest BCUT2D eigenvalue weighted by Crippen LogP contribution is 2.22. The Morgan fingerprint density at radius 2 is 2.26 bits per heavy atom. The van der Waals surface area contributed by atoms with Crippen molar-refractivity contribution < 1.29 is 4.92 Å². The minimum atomic E-state index is -0.558. The second-order valence-electron chi connectivity index (χ2n) is 3.95. The summed E-state index contributed by atoms with van der Waals surface area (Å²) >= 11 is 0. The monoisotopic (exact) mass is 263 g/mol. The van der Waals surface area contributed by atoms with Gasteiger partial charge in [0.05, 0.1) is 11.1 Å². The van der Waals surface area contributed by atoms with Crippen LogP contribution < -0.4 is 11.1 Å². The summed E-state index contributed by atoms with van der Waals surface area (Å²) in [7, 11) is 1.82. The molecule has 0 bridgehead atoms. The number of hydrogen-bond donors (Lipinski definition) is 2. The summed E-state index contributed by atoms with van der Waals surface area (Å²) in [5, 5.41) is 17.8. The number of aromatic nitrogens is 4. The predicted molar refractivity (Wildman–Crippen MR) is 68.4 cm³/mol. The summed E-state index contributed by atoms with van der Waals surface area (Å²) in [4.78, 5) is 17.7. The molecule has 0 unspecified atom stereocenters. The fraction of sp³-hybridized carbons (Fsp3) is 0.300. The maximum atomic E-state index is 10.8. The van der Waals surface area contributed by atoms with E-state index in [2.05, 4.69) is 20.4 Å². The Kier molecular flexibility index (Phi) is 3.27. The topological polar surface area (TPSA) is 125 Å².